The predicted octanol–water partition coefficient (Wildman–Crippen LogP) is 4.82. The molecule has 0 fully saturated rings. The highest BCUT2D eigenvalue weighted by molar-refractivity contribution is 7.20. The quantitative estimate of drug-likeness (QED) is 0.655. The molecule has 3 rings (SSSR count). The maximum absolute atomic E-state index is 13.1. The lowest BCUT2D eigenvalue weighted by Crippen LogP contribution is -1.85. The highest BCUT2D eigenvalue weighted by atomic mass is 32.1. The molecule has 0 spiro atoms. The summed E-state index contributed by atoms with van der Waals surface area (Å²) >= 11 is 3.10. The number of hydrogen-bond acceptors (Lipinski definition) is 3. The minimum Gasteiger partial charge on any atom is -0.235 e. The van der Waals surface area contributed by atoms with Gasteiger partial charge >= 0.3 is 0 Å². The van der Waals surface area contributed by atoms with Crippen molar-refractivity contribution in [2.45, 2.75) is 0 Å². The van der Waals surface area contributed by atoms with E-state index in [9.17, 15) is 8.78 Å². The van der Waals surface area contributed by atoms with Crippen LogP contribution in [-0.2, 0) is 0 Å². The highest BCUT2D eigenvalue weighted by Gasteiger charge is 2.09. The van der Waals surface area contributed by atoms with E-state index < -0.39 is 11.6 Å². The lowest BCUT2D eigenvalue weighted by atomic mass is 10.2. The second-order valence-corrected chi connectivity index (χ2v) is 5.45. The topological polar surface area (TPSA) is 12.9 Å². The van der Waals surface area contributed by atoms with Crippen LogP contribution in [0.2, 0.25) is 0 Å². The van der Waals surface area contributed by atoms with Crippen molar-refractivity contribution < 1.29 is 8.78 Å². The van der Waals surface area contributed by atoms with Gasteiger partial charge in [0.15, 0.2) is 11.6 Å². The van der Waals surface area contributed by atoms with E-state index in [0.29, 0.717) is 11.3 Å². The molecule has 0 N–H and O–H groups in total. The van der Waals surface area contributed by atoms with Gasteiger partial charge in [0, 0.05) is 10.9 Å². The summed E-state index contributed by atoms with van der Waals surface area (Å²) in [7, 11) is 0. The van der Waals surface area contributed by atoms with Crippen LogP contribution in [0.25, 0.3) is 21.1 Å². The first kappa shape index (κ1) is 11.5. The minimum absolute atomic E-state index is 0.591. The van der Waals surface area contributed by atoms with Crippen molar-refractivity contribution in [3.05, 3.63) is 52.7 Å². The number of benzene rings is 1. The third-order valence-electron chi connectivity index (χ3n) is 2.45. The third kappa shape index (κ3) is 2.07. The Labute approximate surface area is 110 Å². The molecule has 0 saturated heterocycles. The van der Waals surface area contributed by atoms with Crippen LogP contribution in [-0.4, -0.2) is 4.98 Å². The average Bonchev–Trinajstić information content (AvgIpc) is 3.01. The lowest BCUT2D eigenvalue weighted by Gasteiger charge is -1.97. The van der Waals surface area contributed by atoms with Crippen molar-refractivity contribution in [2.75, 3.05) is 0 Å². The average molecular weight is 279 g/mol. The Kier molecular flexibility index (Phi) is 2.93. The van der Waals surface area contributed by atoms with Crippen LogP contribution < -0.4 is 0 Å². The Bertz CT molecular complexity index is 674. The summed E-state index contributed by atoms with van der Waals surface area (Å²) in [5, 5.41) is 4.72. The molecule has 0 bridgehead atoms. The first-order valence-corrected chi connectivity index (χ1v) is 6.95. The van der Waals surface area contributed by atoms with Gasteiger partial charge in [-0.3, -0.25) is 0 Å². The van der Waals surface area contributed by atoms with Crippen LogP contribution in [0.1, 0.15) is 0 Å². The summed E-state index contributed by atoms with van der Waals surface area (Å²) in [4.78, 5) is 5.51. The number of thiazole rings is 1. The van der Waals surface area contributed by atoms with Gasteiger partial charge in [0.2, 0.25) is 0 Å². The molecule has 0 aliphatic carbocycles. The van der Waals surface area contributed by atoms with E-state index in [2.05, 4.69) is 4.98 Å². The summed E-state index contributed by atoms with van der Waals surface area (Å²) < 4.78 is 26.0. The van der Waals surface area contributed by atoms with Crippen LogP contribution in [0.4, 0.5) is 8.78 Å². The molecule has 3 aromatic rings. The molecule has 5 heteroatoms. The van der Waals surface area contributed by atoms with Gasteiger partial charge in [0.05, 0.1) is 10.6 Å². The fourth-order valence-corrected chi connectivity index (χ4v) is 3.22. The van der Waals surface area contributed by atoms with Gasteiger partial charge < -0.3 is 0 Å². The van der Waals surface area contributed by atoms with Gasteiger partial charge in [-0.2, -0.15) is 0 Å². The molecule has 0 amide bonds. The van der Waals surface area contributed by atoms with Crippen molar-refractivity contribution in [3.63, 3.8) is 0 Å². The maximum atomic E-state index is 13.1. The molecule has 0 saturated carbocycles. The van der Waals surface area contributed by atoms with E-state index in [-0.39, 0.29) is 0 Å². The molecule has 18 heavy (non-hydrogen) atoms. The molecule has 2 aromatic heterocycles. The molecule has 0 atom stereocenters. The monoisotopic (exact) mass is 279 g/mol. The second-order valence-electron chi connectivity index (χ2n) is 3.64. The van der Waals surface area contributed by atoms with Gasteiger partial charge in [0.1, 0.15) is 5.01 Å². The zero-order valence-corrected chi connectivity index (χ0v) is 10.7. The first-order valence-electron chi connectivity index (χ1n) is 5.19. The molecule has 90 valence electrons. The van der Waals surface area contributed by atoms with Crippen molar-refractivity contribution in [1.82, 2.24) is 4.98 Å². The number of thiophene rings is 1. The van der Waals surface area contributed by atoms with E-state index in [0.717, 1.165) is 16.0 Å². The van der Waals surface area contributed by atoms with Crippen LogP contribution in [0, 0.1) is 11.6 Å². The van der Waals surface area contributed by atoms with Gasteiger partial charge in [-0.1, -0.05) is 6.07 Å². The smallest absolute Gasteiger partial charge is 0.159 e. The van der Waals surface area contributed by atoms with Gasteiger partial charge in [0.25, 0.3) is 0 Å². The molecule has 1 aromatic carbocycles. The Morgan fingerprint density at radius 1 is 1.00 bits per heavy atom. The summed E-state index contributed by atoms with van der Waals surface area (Å²) in [5.74, 6) is -1.69. The zero-order chi connectivity index (χ0) is 12.5. The number of rotatable bonds is 2. The Morgan fingerprint density at radius 3 is 2.61 bits per heavy atom. The Morgan fingerprint density at radius 2 is 1.89 bits per heavy atom. The molecule has 1 nitrogen and oxygen atoms in total. The van der Waals surface area contributed by atoms with E-state index in [4.69, 9.17) is 0 Å². The van der Waals surface area contributed by atoms with Gasteiger partial charge in [-0.15, -0.1) is 22.7 Å². The summed E-state index contributed by atoms with van der Waals surface area (Å²) in [6.45, 7) is 0. The first-order chi connectivity index (χ1) is 8.74. The fraction of sp³-hybridized carbons (Fsp3) is 0. The number of aromatic nitrogens is 1. The standard InChI is InChI=1S/C13H7F2NS2/c14-9-4-3-8(6-10(9)15)11-7-18-13(16-11)12-2-1-5-17-12/h1-7H. The lowest BCUT2D eigenvalue weighted by molar-refractivity contribution is 0.509. The highest BCUT2D eigenvalue weighted by Crippen LogP contribution is 2.31. The fourth-order valence-electron chi connectivity index (χ4n) is 1.58. The van der Waals surface area contributed by atoms with E-state index >= 15 is 0 Å². The zero-order valence-electron chi connectivity index (χ0n) is 9.06. The molecular formula is C13H7F2NS2. The Hall–Kier alpha value is -1.59. The van der Waals surface area contributed by atoms with E-state index in [1.807, 2.05) is 22.9 Å². The summed E-state index contributed by atoms with van der Waals surface area (Å²) in [6.07, 6.45) is 0. The third-order valence-corrected chi connectivity index (χ3v) is 4.33. The van der Waals surface area contributed by atoms with Crippen molar-refractivity contribution in [2.24, 2.45) is 0 Å². The van der Waals surface area contributed by atoms with Gasteiger partial charge in [-0.25, -0.2) is 13.8 Å². The molecule has 0 aliphatic rings. The number of nitrogens with zero attached hydrogens (tertiary/aromatic N) is 1. The largest absolute Gasteiger partial charge is 0.235 e. The second kappa shape index (κ2) is 4.59. The molecular weight excluding hydrogens is 272 g/mol. The van der Waals surface area contributed by atoms with E-state index in [1.165, 1.54) is 23.5 Å². The van der Waals surface area contributed by atoms with Crippen molar-refractivity contribution >= 4 is 22.7 Å². The number of hydrogen-bond donors (Lipinski definition) is 0. The number of halogens is 2. The van der Waals surface area contributed by atoms with Crippen LogP contribution in [0.5, 0.6) is 0 Å². The predicted molar refractivity (Wildman–Crippen MR) is 70.8 cm³/mol. The Balaban J connectivity index is 2.00. The van der Waals surface area contributed by atoms with E-state index in [1.54, 1.807) is 11.3 Å². The summed E-state index contributed by atoms with van der Waals surface area (Å²) in [5.41, 5.74) is 1.26. The van der Waals surface area contributed by atoms with Crippen LogP contribution >= 0.6 is 22.7 Å². The normalized spacial score (nSPS) is 10.8. The SMILES string of the molecule is Fc1ccc(-c2csc(-c3cccs3)n2)cc1F. The van der Waals surface area contributed by atoms with Crippen molar-refractivity contribution in [1.29, 1.82) is 0 Å². The van der Waals surface area contributed by atoms with Crippen LogP contribution in [0.3, 0.4) is 0 Å². The molecule has 0 radical (unpaired) electrons. The van der Waals surface area contributed by atoms with Gasteiger partial charge in [-0.05, 0) is 29.6 Å². The summed E-state index contributed by atoms with van der Waals surface area (Å²) in [6, 6.07) is 7.76. The van der Waals surface area contributed by atoms with Crippen molar-refractivity contribution in [3.8, 4) is 21.1 Å². The van der Waals surface area contributed by atoms with Crippen LogP contribution in [0.15, 0.2) is 41.1 Å². The maximum Gasteiger partial charge on any atom is 0.159 e. The molecule has 2 heterocycles. The molecule has 0 aliphatic heterocycles. The molecule has 0 unspecified atom stereocenters. The minimum atomic E-state index is -0.849.